The standard InChI is InChI=1S/C13H16N4OS/c1-7-8(2)19-13-11(7)12(15-6-16-13)14-5-10(18)17-9-3-4-9/h6,9H,3-5H2,1-2H3,(H,17,18)(H,14,15,16). The Labute approximate surface area is 115 Å². The summed E-state index contributed by atoms with van der Waals surface area (Å²) in [5, 5.41) is 7.10. The van der Waals surface area contributed by atoms with Crippen LogP contribution in [0, 0.1) is 13.8 Å². The van der Waals surface area contributed by atoms with Gasteiger partial charge in [0, 0.05) is 10.9 Å². The van der Waals surface area contributed by atoms with Gasteiger partial charge in [-0.15, -0.1) is 11.3 Å². The molecule has 0 atom stereocenters. The predicted molar refractivity (Wildman–Crippen MR) is 76.5 cm³/mol. The molecule has 1 saturated carbocycles. The van der Waals surface area contributed by atoms with Gasteiger partial charge in [0.2, 0.25) is 5.91 Å². The Bertz CT molecular complexity index is 633. The lowest BCUT2D eigenvalue weighted by Crippen LogP contribution is -2.31. The first-order valence-electron chi connectivity index (χ1n) is 6.39. The molecular weight excluding hydrogens is 260 g/mol. The Kier molecular flexibility index (Phi) is 3.10. The van der Waals surface area contributed by atoms with E-state index in [1.807, 2.05) is 0 Å². The summed E-state index contributed by atoms with van der Waals surface area (Å²) < 4.78 is 0. The molecule has 1 aliphatic rings. The normalized spacial score (nSPS) is 14.6. The predicted octanol–water partition coefficient (Wildman–Crippen LogP) is 2.00. The fourth-order valence-electron chi connectivity index (χ4n) is 1.99. The second-order valence-electron chi connectivity index (χ2n) is 4.88. The Morgan fingerprint density at radius 3 is 2.95 bits per heavy atom. The van der Waals surface area contributed by atoms with E-state index in [0.717, 1.165) is 28.9 Å². The third kappa shape index (κ3) is 2.53. The van der Waals surface area contributed by atoms with Crippen molar-refractivity contribution in [1.82, 2.24) is 15.3 Å². The average Bonchev–Trinajstić information content (AvgIpc) is 3.14. The fourth-order valence-corrected chi connectivity index (χ4v) is 2.98. The molecule has 1 fully saturated rings. The monoisotopic (exact) mass is 276 g/mol. The fraction of sp³-hybridized carbons (Fsp3) is 0.462. The molecule has 5 nitrogen and oxygen atoms in total. The maximum atomic E-state index is 11.7. The minimum atomic E-state index is 0.0267. The number of fused-ring (bicyclic) bond motifs is 1. The van der Waals surface area contributed by atoms with Crippen LogP contribution in [0.3, 0.4) is 0 Å². The van der Waals surface area contributed by atoms with Crippen molar-refractivity contribution in [2.45, 2.75) is 32.7 Å². The third-order valence-electron chi connectivity index (χ3n) is 3.32. The van der Waals surface area contributed by atoms with Crippen LogP contribution in [-0.4, -0.2) is 28.5 Å². The van der Waals surface area contributed by atoms with Crippen LogP contribution in [-0.2, 0) is 4.79 Å². The maximum absolute atomic E-state index is 11.7. The number of hydrogen-bond donors (Lipinski definition) is 2. The molecule has 2 aromatic rings. The largest absolute Gasteiger partial charge is 0.360 e. The van der Waals surface area contributed by atoms with Gasteiger partial charge < -0.3 is 10.6 Å². The first-order valence-corrected chi connectivity index (χ1v) is 7.20. The van der Waals surface area contributed by atoms with Gasteiger partial charge in [-0.3, -0.25) is 4.79 Å². The highest BCUT2D eigenvalue weighted by molar-refractivity contribution is 7.18. The molecule has 19 heavy (non-hydrogen) atoms. The first kappa shape index (κ1) is 12.3. The van der Waals surface area contributed by atoms with Gasteiger partial charge in [0.15, 0.2) is 0 Å². The summed E-state index contributed by atoms with van der Waals surface area (Å²) in [6.45, 7) is 4.40. The van der Waals surface area contributed by atoms with Crippen LogP contribution < -0.4 is 10.6 Å². The van der Waals surface area contributed by atoms with Crippen LogP contribution in [0.5, 0.6) is 0 Å². The van der Waals surface area contributed by atoms with Crippen LogP contribution in [0.1, 0.15) is 23.3 Å². The van der Waals surface area contributed by atoms with Gasteiger partial charge in [-0.1, -0.05) is 0 Å². The number of nitrogens with zero attached hydrogens (tertiary/aromatic N) is 2. The lowest BCUT2D eigenvalue weighted by molar-refractivity contribution is -0.119. The summed E-state index contributed by atoms with van der Waals surface area (Å²) in [5.74, 6) is 0.775. The number of thiophene rings is 1. The highest BCUT2D eigenvalue weighted by atomic mass is 32.1. The highest BCUT2D eigenvalue weighted by Crippen LogP contribution is 2.32. The number of anilines is 1. The summed E-state index contributed by atoms with van der Waals surface area (Å²) in [5.41, 5.74) is 1.19. The van der Waals surface area contributed by atoms with Gasteiger partial charge in [0.1, 0.15) is 17.0 Å². The molecule has 0 aromatic carbocycles. The van der Waals surface area contributed by atoms with Crippen molar-refractivity contribution in [2.75, 3.05) is 11.9 Å². The molecule has 0 aliphatic heterocycles. The van der Waals surface area contributed by atoms with E-state index in [4.69, 9.17) is 0 Å². The number of carbonyl (C=O) groups excluding carboxylic acids is 1. The van der Waals surface area contributed by atoms with E-state index >= 15 is 0 Å². The molecule has 0 unspecified atom stereocenters. The smallest absolute Gasteiger partial charge is 0.239 e. The molecular formula is C13H16N4OS. The van der Waals surface area contributed by atoms with Gasteiger partial charge in [-0.2, -0.15) is 0 Å². The minimum absolute atomic E-state index is 0.0267. The van der Waals surface area contributed by atoms with Crippen molar-refractivity contribution < 1.29 is 4.79 Å². The zero-order valence-electron chi connectivity index (χ0n) is 11.0. The molecule has 2 heterocycles. The number of rotatable bonds is 4. The molecule has 3 rings (SSSR count). The number of aromatic nitrogens is 2. The van der Waals surface area contributed by atoms with Crippen molar-refractivity contribution >= 4 is 33.3 Å². The summed E-state index contributed by atoms with van der Waals surface area (Å²) in [6, 6.07) is 0.393. The molecule has 0 bridgehead atoms. The van der Waals surface area contributed by atoms with E-state index in [1.54, 1.807) is 17.7 Å². The zero-order valence-corrected chi connectivity index (χ0v) is 11.8. The van der Waals surface area contributed by atoms with Crippen molar-refractivity contribution in [1.29, 1.82) is 0 Å². The first-order chi connectivity index (χ1) is 9.15. The maximum Gasteiger partial charge on any atom is 0.239 e. The molecule has 0 spiro atoms. The number of aryl methyl sites for hydroxylation is 2. The molecule has 0 radical (unpaired) electrons. The van der Waals surface area contributed by atoms with E-state index in [9.17, 15) is 4.79 Å². The van der Waals surface area contributed by atoms with Crippen molar-refractivity contribution in [3.8, 4) is 0 Å². The third-order valence-corrected chi connectivity index (χ3v) is 4.44. The zero-order chi connectivity index (χ0) is 13.4. The van der Waals surface area contributed by atoms with Crippen LogP contribution in [0.25, 0.3) is 10.2 Å². The minimum Gasteiger partial charge on any atom is -0.360 e. The van der Waals surface area contributed by atoms with Gasteiger partial charge >= 0.3 is 0 Å². The van der Waals surface area contributed by atoms with Crippen LogP contribution in [0.15, 0.2) is 6.33 Å². The highest BCUT2D eigenvalue weighted by Gasteiger charge is 2.23. The van der Waals surface area contributed by atoms with E-state index < -0.39 is 0 Å². The topological polar surface area (TPSA) is 66.9 Å². The van der Waals surface area contributed by atoms with Gasteiger partial charge in [-0.05, 0) is 32.3 Å². The molecule has 0 saturated heterocycles. The van der Waals surface area contributed by atoms with Crippen molar-refractivity contribution in [3.05, 3.63) is 16.8 Å². The van der Waals surface area contributed by atoms with Gasteiger partial charge in [0.25, 0.3) is 0 Å². The summed E-state index contributed by atoms with van der Waals surface area (Å²) in [6.07, 6.45) is 3.75. The Morgan fingerprint density at radius 2 is 2.21 bits per heavy atom. The number of amides is 1. The van der Waals surface area contributed by atoms with E-state index in [2.05, 4.69) is 34.4 Å². The summed E-state index contributed by atoms with van der Waals surface area (Å²) >= 11 is 1.66. The molecule has 100 valence electrons. The van der Waals surface area contributed by atoms with Crippen LogP contribution >= 0.6 is 11.3 Å². The SMILES string of the molecule is Cc1sc2ncnc(NCC(=O)NC3CC3)c2c1C. The molecule has 2 N–H and O–H groups in total. The van der Waals surface area contributed by atoms with Crippen LogP contribution in [0.2, 0.25) is 0 Å². The second-order valence-corrected chi connectivity index (χ2v) is 6.08. The number of carbonyl (C=O) groups is 1. The molecule has 2 aromatic heterocycles. The Hall–Kier alpha value is -1.69. The van der Waals surface area contributed by atoms with E-state index in [1.165, 1.54) is 10.4 Å². The molecule has 1 amide bonds. The Balaban J connectivity index is 1.78. The quantitative estimate of drug-likeness (QED) is 0.896. The van der Waals surface area contributed by atoms with Crippen molar-refractivity contribution in [3.63, 3.8) is 0 Å². The lowest BCUT2D eigenvalue weighted by atomic mass is 10.2. The van der Waals surface area contributed by atoms with Crippen molar-refractivity contribution in [2.24, 2.45) is 0 Å². The van der Waals surface area contributed by atoms with Crippen LogP contribution in [0.4, 0.5) is 5.82 Å². The van der Waals surface area contributed by atoms with Gasteiger partial charge in [-0.25, -0.2) is 9.97 Å². The number of hydrogen-bond acceptors (Lipinski definition) is 5. The summed E-state index contributed by atoms with van der Waals surface area (Å²) in [4.78, 5) is 22.4. The van der Waals surface area contributed by atoms with Gasteiger partial charge in [0.05, 0.1) is 11.9 Å². The molecule has 1 aliphatic carbocycles. The van der Waals surface area contributed by atoms with E-state index in [0.29, 0.717) is 6.04 Å². The lowest BCUT2D eigenvalue weighted by Gasteiger charge is -2.07. The second kappa shape index (κ2) is 4.77. The average molecular weight is 276 g/mol. The van der Waals surface area contributed by atoms with E-state index in [-0.39, 0.29) is 12.5 Å². The molecule has 6 heteroatoms. The summed E-state index contributed by atoms with van der Waals surface area (Å²) in [7, 11) is 0. The Morgan fingerprint density at radius 1 is 1.42 bits per heavy atom. The number of nitrogens with one attached hydrogen (secondary N) is 2.